The molecule has 1 N–H and O–H groups in total. The fraction of sp³-hybridized carbons (Fsp3) is 0.556. The molecule has 1 aliphatic rings. The maximum Gasteiger partial charge on any atom is 0.0348 e. The van der Waals surface area contributed by atoms with Crippen molar-refractivity contribution in [3.63, 3.8) is 0 Å². The van der Waals surface area contributed by atoms with E-state index in [0.29, 0.717) is 17.9 Å². The average Bonchev–Trinajstić information content (AvgIpc) is 2.98. The van der Waals surface area contributed by atoms with Crippen LogP contribution in [0.4, 0.5) is 0 Å². The molecule has 2 rings (SSSR count). The van der Waals surface area contributed by atoms with E-state index in [2.05, 4.69) is 62.6 Å². The summed E-state index contributed by atoms with van der Waals surface area (Å²) in [7, 11) is 2.11. The summed E-state index contributed by atoms with van der Waals surface area (Å²) >= 11 is 0. The number of hydrogen-bond donors (Lipinski definition) is 1. The number of hydrogen-bond acceptors (Lipinski definition) is 1. The summed E-state index contributed by atoms with van der Waals surface area (Å²) in [5.41, 5.74) is 3.10. The zero-order chi connectivity index (χ0) is 13.7. The lowest BCUT2D eigenvalue weighted by Gasteiger charge is -2.33. The molecule has 0 saturated carbocycles. The Morgan fingerprint density at radius 2 is 1.95 bits per heavy atom. The Balaban J connectivity index is 2.30. The minimum atomic E-state index is 0.500. The van der Waals surface area contributed by atoms with Crippen molar-refractivity contribution in [2.75, 3.05) is 7.05 Å². The second kappa shape index (κ2) is 6.91. The van der Waals surface area contributed by atoms with Crippen LogP contribution in [0, 0.1) is 5.92 Å². The van der Waals surface area contributed by atoms with E-state index in [1.54, 1.807) is 5.57 Å². The van der Waals surface area contributed by atoms with Gasteiger partial charge in [0.25, 0.3) is 0 Å². The molecule has 0 heterocycles. The van der Waals surface area contributed by atoms with Crippen LogP contribution in [-0.2, 0) is 0 Å². The van der Waals surface area contributed by atoms with Crippen molar-refractivity contribution in [1.29, 1.82) is 0 Å². The zero-order valence-corrected chi connectivity index (χ0v) is 12.5. The summed E-state index contributed by atoms with van der Waals surface area (Å²) in [6.07, 6.45) is 7.54. The maximum atomic E-state index is 3.59. The van der Waals surface area contributed by atoms with Crippen molar-refractivity contribution in [2.45, 2.75) is 51.5 Å². The highest BCUT2D eigenvalue weighted by molar-refractivity contribution is 5.28. The van der Waals surface area contributed by atoms with Gasteiger partial charge in [-0.25, -0.2) is 0 Å². The summed E-state index contributed by atoms with van der Waals surface area (Å²) < 4.78 is 0. The largest absolute Gasteiger partial charge is 0.313 e. The third-order valence-corrected chi connectivity index (χ3v) is 4.59. The SMILES string of the molecule is CCC(C)C(c1ccccc1)C(NC)C1=CCCC1. The van der Waals surface area contributed by atoms with Gasteiger partial charge in [-0.2, -0.15) is 0 Å². The van der Waals surface area contributed by atoms with Crippen LogP contribution in [0.25, 0.3) is 0 Å². The molecule has 0 radical (unpaired) electrons. The molecule has 1 heteroatoms. The van der Waals surface area contributed by atoms with E-state index in [1.807, 2.05) is 0 Å². The first-order chi connectivity index (χ1) is 9.27. The molecule has 0 amide bonds. The zero-order valence-electron chi connectivity index (χ0n) is 12.5. The molecule has 0 saturated heterocycles. The highest BCUT2D eigenvalue weighted by Gasteiger charge is 2.29. The third-order valence-electron chi connectivity index (χ3n) is 4.59. The fourth-order valence-electron chi connectivity index (χ4n) is 3.35. The van der Waals surface area contributed by atoms with Gasteiger partial charge in [-0.15, -0.1) is 0 Å². The monoisotopic (exact) mass is 257 g/mol. The molecule has 0 spiro atoms. The molecular formula is C18H27N. The van der Waals surface area contributed by atoms with Gasteiger partial charge < -0.3 is 5.32 Å². The summed E-state index contributed by atoms with van der Waals surface area (Å²) in [5.74, 6) is 1.28. The van der Waals surface area contributed by atoms with Crippen LogP contribution in [0.5, 0.6) is 0 Å². The number of nitrogens with one attached hydrogen (secondary N) is 1. The lowest BCUT2D eigenvalue weighted by atomic mass is 9.77. The minimum Gasteiger partial charge on any atom is -0.313 e. The van der Waals surface area contributed by atoms with Gasteiger partial charge in [-0.05, 0) is 37.8 Å². The lowest BCUT2D eigenvalue weighted by molar-refractivity contribution is 0.373. The van der Waals surface area contributed by atoms with E-state index >= 15 is 0 Å². The van der Waals surface area contributed by atoms with Crippen molar-refractivity contribution in [3.8, 4) is 0 Å². The molecule has 0 aliphatic heterocycles. The molecule has 0 aromatic heterocycles. The molecule has 1 aliphatic carbocycles. The van der Waals surface area contributed by atoms with Gasteiger partial charge in [0, 0.05) is 12.0 Å². The Morgan fingerprint density at radius 1 is 1.21 bits per heavy atom. The van der Waals surface area contributed by atoms with Gasteiger partial charge in [0.15, 0.2) is 0 Å². The van der Waals surface area contributed by atoms with E-state index in [-0.39, 0.29) is 0 Å². The van der Waals surface area contributed by atoms with Crippen LogP contribution in [0.2, 0.25) is 0 Å². The Hall–Kier alpha value is -1.08. The Bertz CT molecular complexity index is 407. The summed E-state index contributed by atoms with van der Waals surface area (Å²) in [4.78, 5) is 0. The van der Waals surface area contributed by atoms with Crippen molar-refractivity contribution in [2.24, 2.45) is 5.92 Å². The van der Waals surface area contributed by atoms with E-state index in [4.69, 9.17) is 0 Å². The lowest BCUT2D eigenvalue weighted by Crippen LogP contribution is -2.36. The maximum absolute atomic E-state index is 3.59. The average molecular weight is 257 g/mol. The fourth-order valence-corrected chi connectivity index (χ4v) is 3.35. The number of benzene rings is 1. The number of likely N-dealkylation sites (N-methyl/N-ethyl adjacent to an activating group) is 1. The molecule has 104 valence electrons. The first kappa shape index (κ1) is 14.3. The molecule has 1 aromatic carbocycles. The molecular weight excluding hydrogens is 230 g/mol. The second-order valence-electron chi connectivity index (χ2n) is 5.76. The third kappa shape index (κ3) is 3.27. The summed E-state index contributed by atoms with van der Waals surface area (Å²) in [6.45, 7) is 4.69. The standard InChI is InChI=1S/C18H27N/c1-4-14(2)17(15-10-6-5-7-11-15)18(19-3)16-12-8-9-13-16/h5-7,10-12,14,17-19H,4,8-9,13H2,1-3H3. The van der Waals surface area contributed by atoms with E-state index in [9.17, 15) is 0 Å². The molecule has 1 nitrogen and oxygen atoms in total. The molecule has 0 fully saturated rings. The normalized spacial score (nSPS) is 19.8. The highest BCUT2D eigenvalue weighted by Crippen LogP contribution is 2.36. The van der Waals surface area contributed by atoms with Gasteiger partial charge in [0.1, 0.15) is 0 Å². The van der Waals surface area contributed by atoms with E-state index < -0.39 is 0 Å². The Labute approximate surface area is 118 Å². The highest BCUT2D eigenvalue weighted by atomic mass is 14.9. The first-order valence-electron chi connectivity index (χ1n) is 7.69. The smallest absolute Gasteiger partial charge is 0.0348 e. The number of allylic oxidation sites excluding steroid dienone is 1. The summed E-state index contributed by atoms with van der Waals surface area (Å²) in [5, 5.41) is 3.59. The quantitative estimate of drug-likeness (QED) is 0.739. The van der Waals surface area contributed by atoms with Crippen molar-refractivity contribution in [1.82, 2.24) is 5.32 Å². The minimum absolute atomic E-state index is 0.500. The first-order valence-corrected chi connectivity index (χ1v) is 7.69. The van der Waals surface area contributed by atoms with Crippen molar-refractivity contribution in [3.05, 3.63) is 47.5 Å². The summed E-state index contributed by atoms with van der Waals surface area (Å²) in [6, 6.07) is 11.5. The Kier molecular flexibility index (Phi) is 5.21. The van der Waals surface area contributed by atoms with E-state index in [1.165, 1.54) is 31.2 Å². The molecule has 0 bridgehead atoms. The predicted molar refractivity (Wildman–Crippen MR) is 83.4 cm³/mol. The number of rotatable bonds is 6. The molecule has 1 aromatic rings. The Morgan fingerprint density at radius 3 is 2.47 bits per heavy atom. The van der Waals surface area contributed by atoms with Crippen molar-refractivity contribution < 1.29 is 0 Å². The molecule has 3 atom stereocenters. The van der Waals surface area contributed by atoms with Crippen LogP contribution >= 0.6 is 0 Å². The van der Waals surface area contributed by atoms with Crippen LogP contribution in [-0.4, -0.2) is 13.1 Å². The molecule has 19 heavy (non-hydrogen) atoms. The van der Waals surface area contributed by atoms with Crippen LogP contribution in [0.3, 0.4) is 0 Å². The van der Waals surface area contributed by atoms with E-state index in [0.717, 1.165) is 0 Å². The van der Waals surface area contributed by atoms with Gasteiger partial charge in [0.2, 0.25) is 0 Å². The van der Waals surface area contributed by atoms with Crippen LogP contribution in [0.1, 0.15) is 51.0 Å². The van der Waals surface area contributed by atoms with Crippen molar-refractivity contribution >= 4 is 0 Å². The van der Waals surface area contributed by atoms with Crippen LogP contribution in [0.15, 0.2) is 42.0 Å². The topological polar surface area (TPSA) is 12.0 Å². The van der Waals surface area contributed by atoms with Gasteiger partial charge in [0.05, 0.1) is 0 Å². The predicted octanol–water partition coefficient (Wildman–Crippen LogP) is 4.51. The molecule has 3 unspecified atom stereocenters. The van der Waals surface area contributed by atoms with Gasteiger partial charge in [-0.3, -0.25) is 0 Å². The van der Waals surface area contributed by atoms with Gasteiger partial charge >= 0.3 is 0 Å². The van der Waals surface area contributed by atoms with Gasteiger partial charge in [-0.1, -0.05) is 62.2 Å². The van der Waals surface area contributed by atoms with Crippen LogP contribution < -0.4 is 5.32 Å². The second-order valence-corrected chi connectivity index (χ2v) is 5.76.